The summed E-state index contributed by atoms with van der Waals surface area (Å²) in [6, 6.07) is 30.7. The van der Waals surface area contributed by atoms with Gasteiger partial charge in [0.2, 0.25) is 9.84 Å². The van der Waals surface area contributed by atoms with Gasteiger partial charge in [-0.15, -0.1) is 0 Å². The third-order valence-electron chi connectivity index (χ3n) is 5.05. The normalized spacial score (nSPS) is 10.4. The Hall–Kier alpha value is -3.17. The Kier molecular flexibility index (Phi) is 9.62. The maximum absolute atomic E-state index is 12.3. The van der Waals surface area contributed by atoms with Crippen LogP contribution in [0.1, 0.15) is 33.4 Å². The first-order valence-corrected chi connectivity index (χ1v) is 12.5. The zero-order valence-corrected chi connectivity index (χ0v) is 21.3. The van der Waals surface area contributed by atoms with Crippen molar-refractivity contribution >= 4 is 9.84 Å². The van der Waals surface area contributed by atoms with Crippen molar-refractivity contribution in [3.05, 3.63) is 130 Å². The Labute approximate surface area is 199 Å². The lowest BCUT2D eigenvalue weighted by atomic mass is 10.2. The van der Waals surface area contributed by atoms with Gasteiger partial charge in [-0.05, 0) is 65.8 Å². The second-order valence-corrected chi connectivity index (χ2v) is 10.4. The van der Waals surface area contributed by atoms with Crippen LogP contribution in [-0.4, -0.2) is 8.42 Å². The monoisotopic (exact) mass is 458 g/mol. The van der Waals surface area contributed by atoms with Gasteiger partial charge in [0, 0.05) is 0 Å². The smallest absolute Gasteiger partial charge is 0.206 e. The van der Waals surface area contributed by atoms with E-state index in [0.717, 1.165) is 11.1 Å². The molecule has 33 heavy (non-hydrogen) atoms. The zero-order chi connectivity index (χ0) is 24.4. The molecule has 0 saturated carbocycles. The van der Waals surface area contributed by atoms with Gasteiger partial charge in [-0.3, -0.25) is 0 Å². The lowest BCUT2D eigenvalue weighted by Crippen LogP contribution is -2.01. The molecule has 0 radical (unpaired) electrons. The molecule has 0 saturated heterocycles. The molecule has 4 aromatic rings. The molecule has 0 heterocycles. The second-order valence-electron chi connectivity index (χ2n) is 8.44. The average molecular weight is 459 g/mol. The SMILES string of the molecule is Cc1ccc(C)cc1.Cc1ccc(S(=O)(=O)c2ccc(C)cc2)cc1.Cc1cccc(C)c1. The highest BCUT2D eigenvalue weighted by Gasteiger charge is 2.16. The van der Waals surface area contributed by atoms with Crippen LogP contribution < -0.4 is 0 Å². The van der Waals surface area contributed by atoms with Gasteiger partial charge in [0.1, 0.15) is 0 Å². The Morgan fingerprint density at radius 1 is 0.394 bits per heavy atom. The van der Waals surface area contributed by atoms with Crippen LogP contribution in [0.5, 0.6) is 0 Å². The van der Waals surface area contributed by atoms with Crippen LogP contribution in [0.15, 0.2) is 107 Å². The summed E-state index contributed by atoms with van der Waals surface area (Å²) in [7, 11) is -3.37. The highest BCUT2D eigenvalue weighted by Crippen LogP contribution is 2.21. The fourth-order valence-corrected chi connectivity index (χ4v) is 4.28. The number of hydrogen-bond acceptors (Lipinski definition) is 2. The summed E-state index contributed by atoms with van der Waals surface area (Å²) in [5.74, 6) is 0. The number of rotatable bonds is 2. The van der Waals surface area contributed by atoms with Gasteiger partial charge in [-0.2, -0.15) is 0 Å². The van der Waals surface area contributed by atoms with Crippen molar-refractivity contribution in [2.45, 2.75) is 51.3 Å². The topological polar surface area (TPSA) is 34.1 Å². The molecule has 0 aliphatic rings. The first kappa shape index (κ1) is 26.1. The molecule has 0 N–H and O–H groups in total. The van der Waals surface area contributed by atoms with Gasteiger partial charge in [-0.25, -0.2) is 8.42 Å². The van der Waals surface area contributed by atoms with Crippen molar-refractivity contribution < 1.29 is 8.42 Å². The minimum absolute atomic E-state index is 0.340. The maximum atomic E-state index is 12.3. The van der Waals surface area contributed by atoms with E-state index >= 15 is 0 Å². The molecule has 4 rings (SSSR count). The van der Waals surface area contributed by atoms with Crippen LogP contribution in [-0.2, 0) is 9.84 Å². The van der Waals surface area contributed by atoms with E-state index in [9.17, 15) is 8.42 Å². The lowest BCUT2D eigenvalue weighted by Gasteiger charge is -2.05. The van der Waals surface area contributed by atoms with Crippen molar-refractivity contribution in [2.24, 2.45) is 0 Å². The molecule has 0 aromatic heterocycles. The summed E-state index contributed by atoms with van der Waals surface area (Å²) in [6.07, 6.45) is 0. The van der Waals surface area contributed by atoms with E-state index < -0.39 is 9.84 Å². The van der Waals surface area contributed by atoms with E-state index in [1.807, 2.05) is 13.8 Å². The highest BCUT2D eigenvalue weighted by molar-refractivity contribution is 7.91. The molecule has 172 valence electrons. The van der Waals surface area contributed by atoms with E-state index in [4.69, 9.17) is 0 Å². The predicted molar refractivity (Wildman–Crippen MR) is 140 cm³/mol. The van der Waals surface area contributed by atoms with E-state index in [1.165, 1.54) is 22.3 Å². The summed E-state index contributed by atoms with van der Waals surface area (Å²) in [5.41, 5.74) is 7.43. The minimum Gasteiger partial charge on any atom is -0.219 e. The Balaban J connectivity index is 0.000000200. The second kappa shape index (κ2) is 12.2. The first-order chi connectivity index (χ1) is 15.6. The fraction of sp³-hybridized carbons (Fsp3) is 0.200. The van der Waals surface area contributed by atoms with Gasteiger partial charge in [0.25, 0.3) is 0 Å². The van der Waals surface area contributed by atoms with E-state index in [1.54, 1.807) is 48.5 Å². The van der Waals surface area contributed by atoms with Gasteiger partial charge in [0.15, 0.2) is 0 Å². The molecule has 0 aliphatic heterocycles. The summed E-state index contributed by atoms with van der Waals surface area (Å²) >= 11 is 0. The molecule has 0 bridgehead atoms. The molecule has 0 aliphatic carbocycles. The molecule has 2 nitrogen and oxygen atoms in total. The predicted octanol–water partition coefficient (Wildman–Crippen LogP) is 7.74. The number of aryl methyl sites for hydroxylation is 6. The molecule has 3 heteroatoms. The summed E-state index contributed by atoms with van der Waals surface area (Å²) in [5, 5.41) is 0. The van der Waals surface area contributed by atoms with Gasteiger partial charge in [0.05, 0.1) is 9.79 Å². The largest absolute Gasteiger partial charge is 0.219 e. The standard InChI is InChI=1S/C14H14O2S.2C8H10/c1-11-3-7-13(8-4-11)17(15,16)14-9-5-12(2)6-10-14;1-7-3-5-8(2)6-4-7;1-7-4-3-5-8(2)6-7/h3-10H,1-2H3;2*3-6H,1-2H3. The first-order valence-electron chi connectivity index (χ1n) is 11.0. The number of hydrogen-bond donors (Lipinski definition) is 0. The number of sulfone groups is 1. The molecule has 0 amide bonds. The fourth-order valence-electron chi connectivity index (χ4n) is 3.01. The molecule has 0 unspecified atom stereocenters. The Bertz CT molecular complexity index is 1150. The Morgan fingerprint density at radius 2 is 0.667 bits per heavy atom. The molecule has 0 fully saturated rings. The third-order valence-corrected chi connectivity index (χ3v) is 6.84. The third kappa shape index (κ3) is 8.70. The van der Waals surface area contributed by atoms with Crippen LogP contribution in [0.3, 0.4) is 0 Å². The van der Waals surface area contributed by atoms with Crippen LogP contribution in [0, 0.1) is 41.5 Å². The van der Waals surface area contributed by atoms with Gasteiger partial charge < -0.3 is 0 Å². The van der Waals surface area contributed by atoms with Crippen molar-refractivity contribution in [1.29, 1.82) is 0 Å². The molecule has 0 spiro atoms. The van der Waals surface area contributed by atoms with Crippen molar-refractivity contribution in [3.8, 4) is 0 Å². The quantitative estimate of drug-likeness (QED) is 0.308. The summed E-state index contributed by atoms with van der Waals surface area (Å²) < 4.78 is 24.5. The lowest BCUT2D eigenvalue weighted by molar-refractivity contribution is 0.596. The van der Waals surface area contributed by atoms with Crippen LogP contribution in [0.2, 0.25) is 0 Å². The van der Waals surface area contributed by atoms with E-state index in [2.05, 4.69) is 76.2 Å². The summed E-state index contributed by atoms with van der Waals surface area (Å²) in [6.45, 7) is 12.3. The van der Waals surface area contributed by atoms with E-state index in [0.29, 0.717) is 9.79 Å². The van der Waals surface area contributed by atoms with Crippen molar-refractivity contribution in [3.63, 3.8) is 0 Å². The molecule has 0 atom stereocenters. The van der Waals surface area contributed by atoms with Crippen LogP contribution >= 0.6 is 0 Å². The minimum atomic E-state index is -3.37. The maximum Gasteiger partial charge on any atom is 0.206 e. The molecular formula is C30H34O2S. The van der Waals surface area contributed by atoms with Crippen molar-refractivity contribution in [1.82, 2.24) is 0 Å². The van der Waals surface area contributed by atoms with Crippen LogP contribution in [0.25, 0.3) is 0 Å². The molecular weight excluding hydrogens is 424 g/mol. The van der Waals surface area contributed by atoms with Gasteiger partial charge >= 0.3 is 0 Å². The van der Waals surface area contributed by atoms with E-state index in [-0.39, 0.29) is 0 Å². The highest BCUT2D eigenvalue weighted by atomic mass is 32.2. The zero-order valence-electron chi connectivity index (χ0n) is 20.5. The average Bonchev–Trinajstić information content (AvgIpc) is 2.77. The van der Waals surface area contributed by atoms with Crippen molar-refractivity contribution in [2.75, 3.05) is 0 Å². The summed E-state index contributed by atoms with van der Waals surface area (Å²) in [4.78, 5) is 0.680. The Morgan fingerprint density at radius 3 is 0.909 bits per heavy atom. The van der Waals surface area contributed by atoms with Gasteiger partial charge in [-0.1, -0.05) is 106 Å². The van der Waals surface area contributed by atoms with Crippen LogP contribution in [0.4, 0.5) is 0 Å². The molecule has 4 aromatic carbocycles. The number of benzene rings is 4.